The number of fused-ring (bicyclic) bond motifs is 3. The number of para-hydroxylation sites is 3. The van der Waals surface area contributed by atoms with Gasteiger partial charge in [0.15, 0.2) is 0 Å². The van der Waals surface area contributed by atoms with Crippen LogP contribution in [-0.4, -0.2) is 10.1 Å². The van der Waals surface area contributed by atoms with E-state index in [1.807, 2.05) is 72.8 Å². The third-order valence-corrected chi connectivity index (χ3v) is 5.71. The first-order chi connectivity index (χ1) is 12.3. The largest absolute Gasteiger partial charge is 0.457 e. The Morgan fingerprint density at radius 1 is 0.840 bits per heavy atom. The van der Waals surface area contributed by atoms with Crippen LogP contribution in [0.15, 0.2) is 72.8 Å². The van der Waals surface area contributed by atoms with Crippen molar-refractivity contribution in [3.8, 4) is 11.5 Å². The van der Waals surface area contributed by atoms with Gasteiger partial charge >= 0.3 is 0 Å². The lowest BCUT2D eigenvalue weighted by atomic mass is 9.84. The molecule has 4 heteroatoms. The SMILES string of the molecule is OC(c1nc2ccccc2s1)C1c2ccccc2Oc2ccccc21. The average molecular weight is 345 g/mol. The van der Waals surface area contributed by atoms with E-state index in [0.29, 0.717) is 0 Å². The molecule has 3 aromatic carbocycles. The van der Waals surface area contributed by atoms with E-state index in [9.17, 15) is 5.11 Å². The smallest absolute Gasteiger partial charge is 0.131 e. The number of nitrogens with zero attached hydrogens (tertiary/aromatic N) is 1. The Balaban J connectivity index is 1.67. The molecule has 1 unspecified atom stereocenters. The highest BCUT2D eigenvalue weighted by molar-refractivity contribution is 7.18. The molecule has 1 N–H and O–H groups in total. The van der Waals surface area contributed by atoms with Gasteiger partial charge in [0.2, 0.25) is 0 Å². The molecule has 0 saturated heterocycles. The minimum Gasteiger partial charge on any atom is -0.457 e. The topological polar surface area (TPSA) is 42.4 Å². The van der Waals surface area contributed by atoms with Crippen molar-refractivity contribution in [1.82, 2.24) is 4.98 Å². The molecule has 1 aliphatic heterocycles. The van der Waals surface area contributed by atoms with Gasteiger partial charge in [0.25, 0.3) is 0 Å². The van der Waals surface area contributed by atoms with Gasteiger partial charge in [0.1, 0.15) is 22.6 Å². The first kappa shape index (κ1) is 14.6. The summed E-state index contributed by atoms with van der Waals surface area (Å²) in [5, 5.41) is 12.0. The van der Waals surface area contributed by atoms with Crippen LogP contribution in [-0.2, 0) is 0 Å². The van der Waals surface area contributed by atoms with Crippen molar-refractivity contribution in [2.45, 2.75) is 12.0 Å². The molecule has 0 saturated carbocycles. The third-order valence-electron chi connectivity index (χ3n) is 4.61. The van der Waals surface area contributed by atoms with Crippen LogP contribution >= 0.6 is 11.3 Å². The lowest BCUT2D eigenvalue weighted by Gasteiger charge is -2.30. The summed E-state index contributed by atoms with van der Waals surface area (Å²) >= 11 is 1.55. The number of rotatable bonds is 2. The molecule has 3 nitrogen and oxygen atoms in total. The highest BCUT2D eigenvalue weighted by Crippen LogP contribution is 2.49. The zero-order valence-electron chi connectivity index (χ0n) is 13.3. The number of ether oxygens (including phenoxy) is 1. The molecule has 0 aliphatic carbocycles. The number of aromatic nitrogens is 1. The van der Waals surface area contributed by atoms with Crippen molar-refractivity contribution in [3.05, 3.63) is 88.9 Å². The molecular weight excluding hydrogens is 330 g/mol. The van der Waals surface area contributed by atoms with Crippen LogP contribution < -0.4 is 4.74 Å². The van der Waals surface area contributed by atoms with Crippen LogP contribution in [0.1, 0.15) is 28.2 Å². The second-order valence-electron chi connectivity index (χ2n) is 6.12. The minimum absolute atomic E-state index is 0.193. The van der Waals surface area contributed by atoms with Crippen LogP contribution in [0.4, 0.5) is 0 Å². The van der Waals surface area contributed by atoms with Crippen LogP contribution in [0.2, 0.25) is 0 Å². The van der Waals surface area contributed by atoms with Crippen molar-refractivity contribution in [1.29, 1.82) is 0 Å². The van der Waals surface area contributed by atoms with Crippen LogP contribution in [0.3, 0.4) is 0 Å². The van der Waals surface area contributed by atoms with Crippen molar-refractivity contribution in [2.24, 2.45) is 0 Å². The van der Waals surface area contributed by atoms with Gasteiger partial charge in [-0.1, -0.05) is 48.5 Å². The molecule has 1 aromatic heterocycles. The van der Waals surface area contributed by atoms with Crippen molar-refractivity contribution < 1.29 is 9.84 Å². The maximum absolute atomic E-state index is 11.2. The van der Waals surface area contributed by atoms with Gasteiger partial charge < -0.3 is 9.84 Å². The Bertz CT molecular complexity index is 994. The quantitative estimate of drug-likeness (QED) is 0.538. The summed E-state index contributed by atoms with van der Waals surface area (Å²) < 4.78 is 7.11. The first-order valence-corrected chi connectivity index (χ1v) is 9.02. The fraction of sp³-hybridized carbons (Fsp3) is 0.0952. The second kappa shape index (κ2) is 5.69. The third kappa shape index (κ3) is 2.34. The van der Waals surface area contributed by atoms with Gasteiger partial charge in [-0.25, -0.2) is 4.98 Å². The molecule has 5 rings (SSSR count). The molecule has 0 fully saturated rings. The molecule has 4 aromatic rings. The number of aliphatic hydroxyl groups excluding tert-OH is 1. The number of benzene rings is 3. The Hall–Kier alpha value is -2.69. The molecule has 0 bridgehead atoms. The van der Waals surface area contributed by atoms with Crippen LogP contribution in [0, 0.1) is 0 Å². The average Bonchev–Trinajstić information content (AvgIpc) is 3.10. The molecule has 122 valence electrons. The fourth-order valence-electron chi connectivity index (χ4n) is 3.45. The second-order valence-corrected chi connectivity index (χ2v) is 7.18. The lowest BCUT2D eigenvalue weighted by molar-refractivity contribution is 0.154. The number of aliphatic hydroxyl groups is 1. The Labute approximate surface area is 149 Å². The van der Waals surface area contributed by atoms with Gasteiger partial charge in [-0.05, 0) is 24.3 Å². The molecule has 0 amide bonds. The molecule has 1 aliphatic rings. The van der Waals surface area contributed by atoms with E-state index < -0.39 is 6.10 Å². The molecule has 0 radical (unpaired) electrons. The predicted octanol–water partition coefficient (Wildman–Crippen LogP) is 5.27. The maximum Gasteiger partial charge on any atom is 0.131 e. The maximum atomic E-state index is 11.2. The first-order valence-electron chi connectivity index (χ1n) is 8.20. The summed E-state index contributed by atoms with van der Waals surface area (Å²) in [6.45, 7) is 0. The minimum atomic E-state index is -0.719. The van der Waals surface area contributed by atoms with Crippen LogP contribution in [0.25, 0.3) is 10.2 Å². The van der Waals surface area contributed by atoms with E-state index in [2.05, 4.69) is 4.98 Å². The fourth-order valence-corrected chi connectivity index (χ4v) is 4.44. The van der Waals surface area contributed by atoms with Gasteiger partial charge in [0.05, 0.1) is 10.2 Å². The van der Waals surface area contributed by atoms with E-state index >= 15 is 0 Å². The van der Waals surface area contributed by atoms with E-state index in [1.54, 1.807) is 11.3 Å². The predicted molar refractivity (Wildman–Crippen MR) is 99.4 cm³/mol. The summed E-state index contributed by atoms with van der Waals surface area (Å²) in [6, 6.07) is 23.8. The van der Waals surface area contributed by atoms with Gasteiger partial charge in [-0.15, -0.1) is 11.3 Å². The standard InChI is InChI=1S/C21H15NO2S/c23-20(21-22-15-9-3-6-12-18(15)25-21)19-13-7-1-4-10-16(13)24-17-11-5-2-8-14(17)19/h1-12,19-20,23H. The molecule has 1 atom stereocenters. The zero-order valence-corrected chi connectivity index (χ0v) is 14.1. The highest BCUT2D eigenvalue weighted by atomic mass is 32.1. The van der Waals surface area contributed by atoms with E-state index in [4.69, 9.17) is 4.74 Å². The van der Waals surface area contributed by atoms with E-state index in [0.717, 1.165) is 37.9 Å². The summed E-state index contributed by atoms with van der Waals surface area (Å²) in [5.74, 6) is 1.40. The van der Waals surface area contributed by atoms with Gasteiger partial charge in [-0.2, -0.15) is 0 Å². The van der Waals surface area contributed by atoms with Crippen molar-refractivity contribution in [3.63, 3.8) is 0 Å². The summed E-state index contributed by atoms with van der Waals surface area (Å²) in [6.07, 6.45) is -0.719. The number of hydrogen-bond donors (Lipinski definition) is 1. The summed E-state index contributed by atoms with van der Waals surface area (Å²) in [7, 11) is 0. The molecule has 25 heavy (non-hydrogen) atoms. The normalized spacial score (nSPS) is 14.6. The van der Waals surface area contributed by atoms with E-state index in [1.165, 1.54) is 0 Å². The monoisotopic (exact) mass is 345 g/mol. The molecular formula is C21H15NO2S. The lowest BCUT2D eigenvalue weighted by Crippen LogP contribution is -2.17. The van der Waals surface area contributed by atoms with Crippen molar-refractivity contribution >= 4 is 21.6 Å². The van der Waals surface area contributed by atoms with Gasteiger partial charge in [0, 0.05) is 17.0 Å². The molecule has 2 heterocycles. The summed E-state index contributed by atoms with van der Waals surface area (Å²) in [5.41, 5.74) is 2.91. The highest BCUT2D eigenvalue weighted by Gasteiger charge is 2.34. The molecule has 0 spiro atoms. The van der Waals surface area contributed by atoms with Gasteiger partial charge in [-0.3, -0.25) is 0 Å². The zero-order chi connectivity index (χ0) is 16.8. The van der Waals surface area contributed by atoms with Crippen molar-refractivity contribution in [2.75, 3.05) is 0 Å². The van der Waals surface area contributed by atoms with Crippen LogP contribution in [0.5, 0.6) is 11.5 Å². The summed E-state index contributed by atoms with van der Waals surface area (Å²) in [4.78, 5) is 4.66. The Morgan fingerprint density at radius 3 is 2.12 bits per heavy atom. The Morgan fingerprint density at radius 2 is 1.44 bits per heavy atom. The number of hydrogen-bond acceptors (Lipinski definition) is 4. The Kier molecular flexibility index (Phi) is 3.33. The number of thiazole rings is 1. The van der Waals surface area contributed by atoms with E-state index in [-0.39, 0.29) is 5.92 Å².